The van der Waals surface area contributed by atoms with E-state index < -0.39 is 5.60 Å². The molecule has 3 atom stereocenters. The van der Waals surface area contributed by atoms with E-state index in [1.165, 1.54) is 0 Å². The zero-order chi connectivity index (χ0) is 9.31. The summed E-state index contributed by atoms with van der Waals surface area (Å²) in [6.07, 6.45) is 6.88. The summed E-state index contributed by atoms with van der Waals surface area (Å²) in [5.74, 6) is 0.576. The molecule has 0 spiro atoms. The van der Waals surface area contributed by atoms with Crippen molar-refractivity contribution in [2.24, 2.45) is 5.92 Å². The minimum absolute atomic E-state index is 0.198. The normalized spacial score (nSPS) is 40.8. The average molecular weight is 178 g/mol. The van der Waals surface area contributed by atoms with Crippen LogP contribution in [-0.2, 0) is 9.47 Å². The maximum Gasteiger partial charge on any atom is 0.287 e. The highest BCUT2D eigenvalue weighted by Gasteiger charge is 2.56. The lowest BCUT2D eigenvalue weighted by molar-refractivity contribution is -0.0583. The monoisotopic (exact) mass is 178 g/mol. The maximum atomic E-state index is 8.52. The second kappa shape index (κ2) is 2.81. The number of ether oxygens (including phenoxy) is 2. The third-order valence-corrected chi connectivity index (χ3v) is 3.19. The Kier molecular flexibility index (Phi) is 1.77. The molecule has 0 aromatic carbocycles. The van der Waals surface area contributed by atoms with Gasteiger partial charge >= 0.3 is 0 Å². The summed E-state index contributed by atoms with van der Waals surface area (Å²) in [5.41, 5.74) is -0.477. The van der Waals surface area contributed by atoms with Crippen molar-refractivity contribution in [3.05, 3.63) is 0 Å². The van der Waals surface area contributed by atoms with Crippen molar-refractivity contribution in [2.45, 2.75) is 37.4 Å². The molecule has 68 valence electrons. The van der Waals surface area contributed by atoms with Crippen LogP contribution >= 0.6 is 0 Å². The molecular formula is C9H10N2O2. The van der Waals surface area contributed by atoms with E-state index in [1.54, 1.807) is 12.5 Å². The quantitative estimate of drug-likeness (QED) is 0.597. The molecule has 0 amide bonds. The third-order valence-electron chi connectivity index (χ3n) is 3.19. The van der Waals surface area contributed by atoms with Gasteiger partial charge in [0.25, 0.3) is 12.5 Å². The van der Waals surface area contributed by atoms with E-state index in [1.807, 2.05) is 0 Å². The van der Waals surface area contributed by atoms with E-state index in [2.05, 4.69) is 0 Å². The Morgan fingerprint density at radius 2 is 2.15 bits per heavy atom. The van der Waals surface area contributed by atoms with E-state index >= 15 is 0 Å². The van der Waals surface area contributed by atoms with E-state index in [0.717, 1.165) is 25.7 Å². The van der Waals surface area contributed by atoms with E-state index in [9.17, 15) is 0 Å². The fourth-order valence-electron chi connectivity index (χ4n) is 2.62. The van der Waals surface area contributed by atoms with Gasteiger partial charge in [-0.2, -0.15) is 10.5 Å². The number of rotatable bonds is 2. The van der Waals surface area contributed by atoms with Crippen LogP contribution in [-0.4, -0.2) is 11.7 Å². The van der Waals surface area contributed by atoms with Crippen LogP contribution in [0, 0.1) is 29.0 Å². The second-order valence-corrected chi connectivity index (χ2v) is 3.80. The summed E-state index contributed by atoms with van der Waals surface area (Å²) >= 11 is 0. The van der Waals surface area contributed by atoms with Crippen molar-refractivity contribution in [1.29, 1.82) is 10.5 Å². The second-order valence-electron chi connectivity index (χ2n) is 3.80. The molecular weight excluding hydrogens is 168 g/mol. The van der Waals surface area contributed by atoms with E-state index in [-0.39, 0.29) is 6.10 Å². The highest BCUT2D eigenvalue weighted by Crippen LogP contribution is 2.51. The van der Waals surface area contributed by atoms with Gasteiger partial charge in [-0.25, -0.2) is 0 Å². The number of nitriles is 2. The van der Waals surface area contributed by atoms with Crippen LogP contribution in [0.3, 0.4) is 0 Å². The summed E-state index contributed by atoms with van der Waals surface area (Å²) in [4.78, 5) is 0. The third kappa shape index (κ3) is 1.10. The van der Waals surface area contributed by atoms with Gasteiger partial charge in [-0.3, -0.25) is 0 Å². The van der Waals surface area contributed by atoms with Crippen LogP contribution in [0.2, 0.25) is 0 Å². The maximum absolute atomic E-state index is 8.52. The van der Waals surface area contributed by atoms with Gasteiger partial charge in [0.05, 0.1) is 0 Å². The lowest BCUT2D eigenvalue weighted by Gasteiger charge is -2.29. The molecule has 2 aliphatic carbocycles. The Hall–Kier alpha value is -1.42. The number of nitrogens with zero attached hydrogens (tertiary/aromatic N) is 2. The van der Waals surface area contributed by atoms with Gasteiger partial charge in [-0.15, -0.1) is 0 Å². The Morgan fingerprint density at radius 1 is 1.31 bits per heavy atom. The fraction of sp³-hybridized carbons (Fsp3) is 0.778. The van der Waals surface area contributed by atoms with E-state index in [4.69, 9.17) is 20.0 Å². The first-order valence-electron chi connectivity index (χ1n) is 4.42. The van der Waals surface area contributed by atoms with Crippen molar-refractivity contribution in [2.75, 3.05) is 0 Å². The molecule has 2 bridgehead atoms. The summed E-state index contributed by atoms with van der Waals surface area (Å²) in [7, 11) is 0. The zero-order valence-electron chi connectivity index (χ0n) is 7.19. The highest BCUT2D eigenvalue weighted by atomic mass is 16.5. The standard InChI is InChI=1S/C9H10N2O2/c10-5-12-8-3-7-1-2-9(8,4-7)13-6-11/h7-8H,1-4H2. The van der Waals surface area contributed by atoms with Gasteiger partial charge in [-0.05, 0) is 31.6 Å². The van der Waals surface area contributed by atoms with Gasteiger partial charge < -0.3 is 9.47 Å². The van der Waals surface area contributed by atoms with Crippen LogP contribution < -0.4 is 0 Å². The average Bonchev–Trinajstić information content (AvgIpc) is 2.63. The van der Waals surface area contributed by atoms with Crippen LogP contribution in [0.5, 0.6) is 0 Å². The lowest BCUT2D eigenvalue weighted by atomic mass is 9.94. The van der Waals surface area contributed by atoms with E-state index in [0.29, 0.717) is 5.92 Å². The van der Waals surface area contributed by atoms with Crippen molar-refractivity contribution in [1.82, 2.24) is 0 Å². The smallest absolute Gasteiger partial charge is 0.287 e. The molecule has 0 heterocycles. The number of hydrogen-bond acceptors (Lipinski definition) is 4. The Morgan fingerprint density at radius 3 is 2.77 bits per heavy atom. The summed E-state index contributed by atoms with van der Waals surface area (Å²) in [6, 6.07) is 0. The minimum atomic E-state index is -0.477. The number of fused-ring (bicyclic) bond motifs is 2. The zero-order valence-corrected chi connectivity index (χ0v) is 7.19. The van der Waals surface area contributed by atoms with Gasteiger partial charge in [0, 0.05) is 0 Å². The molecule has 2 saturated carbocycles. The molecule has 2 fully saturated rings. The largest absolute Gasteiger partial charge is 0.420 e. The van der Waals surface area contributed by atoms with Crippen LogP contribution in [0.1, 0.15) is 25.7 Å². The highest BCUT2D eigenvalue weighted by molar-refractivity contribution is 5.06. The van der Waals surface area contributed by atoms with Crippen molar-refractivity contribution < 1.29 is 9.47 Å². The van der Waals surface area contributed by atoms with Gasteiger partial charge in [-0.1, -0.05) is 0 Å². The molecule has 0 N–H and O–H groups in total. The van der Waals surface area contributed by atoms with Gasteiger partial charge in [0.1, 0.15) is 0 Å². The Bertz CT molecular complexity index is 291. The topological polar surface area (TPSA) is 66.0 Å². The molecule has 0 aromatic rings. The van der Waals surface area contributed by atoms with Gasteiger partial charge in [0.15, 0.2) is 11.7 Å². The van der Waals surface area contributed by atoms with Crippen molar-refractivity contribution in [3.63, 3.8) is 0 Å². The SMILES string of the molecule is N#COC1CC2CCC1(OC#N)C2. The molecule has 0 saturated heterocycles. The molecule has 2 aliphatic rings. The number of hydrogen-bond donors (Lipinski definition) is 0. The van der Waals surface area contributed by atoms with Crippen molar-refractivity contribution >= 4 is 0 Å². The molecule has 0 aromatic heterocycles. The summed E-state index contributed by atoms with van der Waals surface area (Å²) < 4.78 is 10.00. The first-order chi connectivity index (χ1) is 6.30. The molecule has 0 radical (unpaired) electrons. The summed E-state index contributed by atoms with van der Waals surface area (Å²) in [5, 5.41) is 16.9. The fourth-order valence-corrected chi connectivity index (χ4v) is 2.62. The minimum Gasteiger partial charge on any atom is -0.420 e. The lowest BCUT2D eigenvalue weighted by Crippen LogP contribution is -2.39. The summed E-state index contributed by atoms with van der Waals surface area (Å²) in [6.45, 7) is 0. The van der Waals surface area contributed by atoms with Crippen LogP contribution in [0.15, 0.2) is 0 Å². The van der Waals surface area contributed by atoms with Gasteiger partial charge in [0.2, 0.25) is 0 Å². The first kappa shape index (κ1) is 8.19. The Labute approximate surface area is 76.7 Å². The Balaban J connectivity index is 2.14. The molecule has 0 aliphatic heterocycles. The molecule has 4 heteroatoms. The molecule has 3 unspecified atom stereocenters. The predicted octanol–water partition coefficient (Wildman–Crippen LogP) is 1.29. The van der Waals surface area contributed by atoms with Crippen molar-refractivity contribution in [3.8, 4) is 12.5 Å². The molecule has 2 rings (SSSR count). The first-order valence-corrected chi connectivity index (χ1v) is 4.42. The predicted molar refractivity (Wildman–Crippen MR) is 41.9 cm³/mol. The van der Waals surface area contributed by atoms with Crippen LogP contribution in [0.25, 0.3) is 0 Å². The molecule has 4 nitrogen and oxygen atoms in total. The van der Waals surface area contributed by atoms with Crippen LogP contribution in [0.4, 0.5) is 0 Å². The molecule has 13 heavy (non-hydrogen) atoms.